The summed E-state index contributed by atoms with van der Waals surface area (Å²) in [6.45, 7) is 3.08. The molecule has 6 rings (SSSR count). The summed E-state index contributed by atoms with van der Waals surface area (Å²) < 4.78 is 16.1. The largest absolute Gasteiger partial charge is 0.507 e. The normalized spacial score (nSPS) is 33.7. The minimum atomic E-state index is -2.10. The third-order valence-electron chi connectivity index (χ3n) is 10.8. The number of aromatic hydroxyl groups is 1. The molecule has 10 heteroatoms. The lowest BCUT2D eigenvalue weighted by Gasteiger charge is -2.54. The van der Waals surface area contributed by atoms with Crippen LogP contribution in [0.2, 0.25) is 0 Å². The van der Waals surface area contributed by atoms with Crippen molar-refractivity contribution in [3.63, 3.8) is 0 Å². The molecule has 5 aliphatic rings. The van der Waals surface area contributed by atoms with Crippen LogP contribution in [0.4, 0.5) is 4.39 Å². The second-order valence-electron chi connectivity index (χ2n) is 13.1. The molecule has 1 aromatic carbocycles. The summed E-state index contributed by atoms with van der Waals surface area (Å²) >= 11 is 0. The molecule has 0 aliphatic heterocycles. The van der Waals surface area contributed by atoms with Crippen LogP contribution >= 0.6 is 0 Å². The molecule has 222 valence electrons. The first-order valence-electron chi connectivity index (χ1n) is 15.1. The zero-order valence-corrected chi connectivity index (χ0v) is 23.8. The first-order valence-corrected chi connectivity index (χ1v) is 15.1. The van der Waals surface area contributed by atoms with Gasteiger partial charge in [-0.2, -0.15) is 0 Å². The summed E-state index contributed by atoms with van der Waals surface area (Å²) in [5, 5.41) is 22.9. The van der Waals surface area contributed by atoms with Gasteiger partial charge in [0.15, 0.2) is 17.3 Å². The molecular formula is C31H40FN3O6. The fourth-order valence-corrected chi connectivity index (χ4v) is 8.50. The number of hydrogen-bond donors (Lipinski definition) is 3. The van der Waals surface area contributed by atoms with E-state index in [0.29, 0.717) is 18.2 Å². The maximum atomic E-state index is 16.1. The molecule has 4 N–H and O–H groups in total. The van der Waals surface area contributed by atoms with E-state index in [0.717, 1.165) is 45.1 Å². The lowest BCUT2D eigenvalue weighted by molar-refractivity contribution is -0.177. The van der Waals surface area contributed by atoms with Crippen LogP contribution in [0.5, 0.6) is 5.75 Å². The zero-order chi connectivity index (χ0) is 29.4. The number of carbonyl (C=O) groups excluding carboxylic acids is 4. The molecule has 9 nitrogen and oxygen atoms in total. The van der Waals surface area contributed by atoms with Crippen molar-refractivity contribution in [2.45, 2.75) is 95.0 Å². The molecule has 0 aromatic heterocycles. The molecule has 0 saturated heterocycles. The third-order valence-corrected chi connectivity index (χ3v) is 10.8. The summed E-state index contributed by atoms with van der Waals surface area (Å²) in [6, 6.07) is 0.845. The summed E-state index contributed by atoms with van der Waals surface area (Å²) in [5.41, 5.74) is 3.68. The van der Waals surface area contributed by atoms with Gasteiger partial charge in [-0.1, -0.05) is 19.8 Å². The fraction of sp³-hybridized carbons (Fsp3) is 0.677. The number of aliphatic hydroxyl groups is 1. The molecule has 1 amide bonds. The maximum Gasteiger partial charge on any atom is 0.228 e. The summed E-state index contributed by atoms with van der Waals surface area (Å²) in [6.07, 6.45) is 5.82. The number of benzene rings is 1. The average Bonchev–Trinajstić information content (AvgIpc) is 3.64. The van der Waals surface area contributed by atoms with Gasteiger partial charge in [-0.05, 0) is 64.1 Å². The van der Waals surface area contributed by atoms with Crippen molar-refractivity contribution in [1.29, 1.82) is 0 Å². The predicted octanol–water partition coefficient (Wildman–Crippen LogP) is 2.12. The van der Waals surface area contributed by atoms with E-state index < -0.39 is 70.8 Å². The Bertz CT molecular complexity index is 1310. The van der Waals surface area contributed by atoms with Crippen LogP contribution in [0, 0.1) is 29.5 Å². The van der Waals surface area contributed by atoms with Crippen molar-refractivity contribution in [2.75, 3.05) is 13.6 Å². The van der Waals surface area contributed by atoms with Crippen molar-refractivity contribution in [3.05, 3.63) is 28.6 Å². The average molecular weight is 570 g/mol. The zero-order valence-electron chi connectivity index (χ0n) is 23.8. The summed E-state index contributed by atoms with van der Waals surface area (Å²) in [4.78, 5) is 57.7. The fourth-order valence-electron chi connectivity index (χ4n) is 8.50. The van der Waals surface area contributed by atoms with E-state index in [-0.39, 0.29) is 35.8 Å². The number of Topliss-reactive ketones (excluding diaryl/α,β-unsaturated/α-hetero) is 3. The second-order valence-corrected chi connectivity index (χ2v) is 13.1. The molecule has 0 bridgehead atoms. The minimum absolute atomic E-state index is 0.0418. The van der Waals surface area contributed by atoms with E-state index in [2.05, 4.69) is 4.90 Å². The van der Waals surface area contributed by atoms with Gasteiger partial charge in [0.05, 0.1) is 17.5 Å². The number of fused-ring (bicyclic) bond motifs is 3. The van der Waals surface area contributed by atoms with Crippen LogP contribution in [0.1, 0.15) is 79.8 Å². The first kappa shape index (κ1) is 28.4. The molecule has 6 atom stereocenters. The number of primary amides is 1. The van der Waals surface area contributed by atoms with Crippen LogP contribution in [0.25, 0.3) is 0 Å². The van der Waals surface area contributed by atoms with Gasteiger partial charge in [-0.15, -0.1) is 0 Å². The highest BCUT2D eigenvalue weighted by Gasteiger charge is 2.65. The minimum Gasteiger partial charge on any atom is -0.507 e. The highest BCUT2D eigenvalue weighted by Crippen LogP contribution is 2.53. The van der Waals surface area contributed by atoms with Crippen LogP contribution in [-0.2, 0) is 27.3 Å². The molecule has 6 unspecified atom stereocenters. The number of likely N-dealkylation sites (N-methyl/N-ethyl adjacent to an activating group) is 1. The SMILES string of the molecule is CCN(Cc1cc(O)c2c(c1F)CC1CC3C(N(C)C4CC4)C(=O)C(C(N)=O)CC3(O)C(=O)C1C2=O)C1CCCC1. The Morgan fingerprint density at radius 2 is 1.83 bits per heavy atom. The van der Waals surface area contributed by atoms with E-state index in [1.165, 1.54) is 6.07 Å². The van der Waals surface area contributed by atoms with Crippen LogP contribution in [-0.4, -0.2) is 80.6 Å². The maximum absolute atomic E-state index is 16.1. The number of phenols is 1. The Balaban J connectivity index is 1.37. The Kier molecular flexibility index (Phi) is 7.10. The van der Waals surface area contributed by atoms with Crippen molar-refractivity contribution in [1.82, 2.24) is 9.80 Å². The van der Waals surface area contributed by atoms with E-state index in [1.54, 1.807) is 7.05 Å². The highest BCUT2D eigenvalue weighted by atomic mass is 19.1. The highest BCUT2D eigenvalue weighted by molar-refractivity contribution is 6.17. The number of phenolic OH excluding ortho intramolecular Hbond substituents is 1. The standard InChI is InChI=1S/C31H40FN3O6/c1-3-35(18-6-4-5-7-18)14-16-12-22(36)24-19(25(16)32)10-15-11-21-26(34(2)17-8-9-17)27(37)20(30(33)40)13-31(21,41)29(39)23(15)28(24)38/h12,15,17-18,20-21,23,26,36,41H,3-11,13-14H2,1-2H3,(H2,33,40). The van der Waals surface area contributed by atoms with Crippen molar-refractivity contribution in [2.24, 2.45) is 29.4 Å². The molecule has 4 fully saturated rings. The summed E-state index contributed by atoms with van der Waals surface area (Å²) in [7, 11) is 1.76. The third kappa shape index (κ3) is 4.44. The van der Waals surface area contributed by atoms with Gasteiger partial charge < -0.3 is 15.9 Å². The lowest BCUT2D eigenvalue weighted by Crippen LogP contribution is -2.70. The van der Waals surface area contributed by atoms with Gasteiger partial charge in [0.1, 0.15) is 23.1 Å². The molecule has 0 spiro atoms. The van der Waals surface area contributed by atoms with E-state index >= 15 is 4.39 Å². The van der Waals surface area contributed by atoms with Crippen molar-refractivity contribution >= 4 is 23.3 Å². The number of amides is 1. The van der Waals surface area contributed by atoms with E-state index in [9.17, 15) is 29.4 Å². The Hall–Kier alpha value is -2.69. The molecule has 0 radical (unpaired) electrons. The van der Waals surface area contributed by atoms with Crippen molar-refractivity contribution in [3.8, 4) is 5.75 Å². The van der Waals surface area contributed by atoms with Crippen LogP contribution in [0.15, 0.2) is 6.07 Å². The molecule has 0 heterocycles. The Morgan fingerprint density at radius 3 is 2.44 bits per heavy atom. The molecule has 4 saturated carbocycles. The van der Waals surface area contributed by atoms with Gasteiger partial charge in [0.2, 0.25) is 5.91 Å². The number of carbonyl (C=O) groups is 4. The summed E-state index contributed by atoms with van der Waals surface area (Å²) in [5.74, 6) is -7.80. The number of nitrogens with zero attached hydrogens (tertiary/aromatic N) is 2. The number of hydrogen-bond acceptors (Lipinski definition) is 8. The first-order chi connectivity index (χ1) is 19.5. The number of rotatable bonds is 7. The topological polar surface area (TPSA) is 141 Å². The predicted molar refractivity (Wildman–Crippen MR) is 146 cm³/mol. The molecule has 41 heavy (non-hydrogen) atoms. The number of ketones is 3. The van der Waals surface area contributed by atoms with E-state index in [1.807, 2.05) is 11.8 Å². The quantitative estimate of drug-likeness (QED) is 0.424. The van der Waals surface area contributed by atoms with Gasteiger partial charge in [0, 0.05) is 42.1 Å². The van der Waals surface area contributed by atoms with Gasteiger partial charge in [0.25, 0.3) is 0 Å². The van der Waals surface area contributed by atoms with Crippen LogP contribution in [0.3, 0.4) is 0 Å². The Morgan fingerprint density at radius 1 is 1.15 bits per heavy atom. The van der Waals surface area contributed by atoms with Crippen LogP contribution < -0.4 is 5.73 Å². The molecule has 1 aromatic rings. The van der Waals surface area contributed by atoms with Gasteiger partial charge in [-0.3, -0.25) is 29.0 Å². The molecular weight excluding hydrogens is 529 g/mol. The lowest BCUT2D eigenvalue weighted by atomic mass is 9.52. The van der Waals surface area contributed by atoms with Gasteiger partial charge >= 0.3 is 0 Å². The Labute approximate surface area is 239 Å². The smallest absolute Gasteiger partial charge is 0.228 e. The monoisotopic (exact) mass is 569 g/mol. The van der Waals surface area contributed by atoms with Crippen molar-refractivity contribution < 1.29 is 33.8 Å². The number of halogens is 1. The second kappa shape index (κ2) is 10.2. The number of nitrogens with two attached hydrogens (primary N) is 1. The van der Waals surface area contributed by atoms with E-state index in [4.69, 9.17) is 5.73 Å². The molecule has 5 aliphatic carbocycles. The van der Waals surface area contributed by atoms with Gasteiger partial charge in [-0.25, -0.2) is 4.39 Å².